The number of carboxylic acid groups (broad SMARTS) is 2. The molecule has 5 rings (SSSR count). The van der Waals surface area contributed by atoms with E-state index in [1.807, 2.05) is 0 Å². The standard InChI is InChI=1S/C30H28ClFN4O5S.C2HF3O2/c1-2-42(40,41)25-6-4-3-5-21(25)27-22(30(38)39)12-14-36(27)29(37)26(23-16-18(31)7-10-24(23)32)35-19-8-9-20-17(15-19)11-13-34-28(20)33;3-2(4,5)1(6)7/h3-11,13,15-16,22,26-27,35H,2,12,14H2,1H3,(H2,33,34)(H,38,39);(H,6,7)/t22?,26-,27?;/m1./s1. The number of nitrogens with two attached hydrogens (primary N) is 1. The number of sulfone groups is 1. The Morgan fingerprint density at radius 3 is 2.39 bits per heavy atom. The van der Waals surface area contributed by atoms with Crippen LogP contribution >= 0.6 is 11.6 Å². The van der Waals surface area contributed by atoms with Crippen molar-refractivity contribution in [2.24, 2.45) is 5.92 Å². The van der Waals surface area contributed by atoms with E-state index in [0.29, 0.717) is 16.9 Å². The molecule has 3 atom stereocenters. The number of anilines is 2. The first-order valence-electron chi connectivity index (χ1n) is 14.5. The predicted molar refractivity (Wildman–Crippen MR) is 172 cm³/mol. The van der Waals surface area contributed by atoms with Crippen LogP contribution in [0.3, 0.4) is 0 Å². The molecule has 0 spiro atoms. The molecule has 1 saturated heterocycles. The molecular formula is C32H29ClF4N4O7S. The summed E-state index contributed by atoms with van der Waals surface area (Å²) in [5.74, 6) is -6.22. The van der Waals surface area contributed by atoms with Crippen LogP contribution < -0.4 is 11.1 Å². The number of carbonyl (C=O) groups excluding carboxylic acids is 1. The number of rotatable bonds is 8. The van der Waals surface area contributed by atoms with E-state index >= 15 is 4.39 Å². The summed E-state index contributed by atoms with van der Waals surface area (Å²) in [5, 5.41) is 21.9. The van der Waals surface area contributed by atoms with Crippen molar-refractivity contribution in [3.8, 4) is 0 Å². The maximum absolute atomic E-state index is 15.3. The van der Waals surface area contributed by atoms with E-state index in [0.717, 1.165) is 11.5 Å². The molecule has 1 aromatic heterocycles. The first kappa shape index (κ1) is 36.9. The molecular weight excluding hydrogens is 696 g/mol. The number of halogens is 5. The summed E-state index contributed by atoms with van der Waals surface area (Å²) in [4.78, 5) is 41.0. The highest BCUT2D eigenvalue weighted by molar-refractivity contribution is 7.91. The van der Waals surface area contributed by atoms with Crippen LogP contribution in [0.1, 0.15) is 36.6 Å². The van der Waals surface area contributed by atoms with Gasteiger partial charge in [-0.2, -0.15) is 13.2 Å². The molecule has 2 unspecified atom stereocenters. The Kier molecular flexibility index (Phi) is 11.0. The Morgan fingerprint density at radius 2 is 1.76 bits per heavy atom. The number of nitrogens with zero attached hydrogens (tertiary/aromatic N) is 2. The van der Waals surface area contributed by atoms with Crippen molar-refractivity contribution in [1.82, 2.24) is 9.88 Å². The van der Waals surface area contributed by atoms with Gasteiger partial charge in [0.15, 0.2) is 9.84 Å². The Labute approximate surface area is 282 Å². The van der Waals surface area contributed by atoms with Gasteiger partial charge in [0.25, 0.3) is 0 Å². The summed E-state index contributed by atoms with van der Waals surface area (Å²) < 4.78 is 73.0. The quantitative estimate of drug-likeness (QED) is 0.161. The van der Waals surface area contributed by atoms with Crippen LogP contribution in [0.4, 0.5) is 29.1 Å². The molecule has 2 heterocycles. The van der Waals surface area contributed by atoms with E-state index in [1.54, 1.807) is 42.6 Å². The van der Waals surface area contributed by atoms with Crippen LogP contribution in [0, 0.1) is 11.7 Å². The van der Waals surface area contributed by atoms with E-state index in [1.165, 1.54) is 36.1 Å². The molecule has 5 N–H and O–H groups in total. The first-order chi connectivity index (χ1) is 23.0. The fourth-order valence-electron chi connectivity index (χ4n) is 5.48. The van der Waals surface area contributed by atoms with Crippen LogP contribution in [-0.2, 0) is 24.2 Å². The van der Waals surface area contributed by atoms with E-state index in [2.05, 4.69) is 10.3 Å². The maximum Gasteiger partial charge on any atom is 0.490 e. The number of fused-ring (bicyclic) bond motifs is 1. The minimum absolute atomic E-state index is 0.0151. The zero-order valence-corrected chi connectivity index (χ0v) is 27.1. The normalized spacial score (nSPS) is 16.8. The van der Waals surface area contributed by atoms with Crippen molar-refractivity contribution in [2.45, 2.75) is 36.5 Å². The van der Waals surface area contributed by atoms with Crippen LogP contribution in [0.5, 0.6) is 0 Å². The van der Waals surface area contributed by atoms with E-state index in [-0.39, 0.29) is 39.8 Å². The Bertz CT molecular complexity index is 2010. The van der Waals surface area contributed by atoms with Crippen LogP contribution in [0.2, 0.25) is 5.02 Å². The predicted octanol–water partition coefficient (Wildman–Crippen LogP) is 5.86. The zero-order valence-electron chi connectivity index (χ0n) is 25.5. The van der Waals surface area contributed by atoms with Gasteiger partial charge in [-0.3, -0.25) is 9.59 Å². The number of aliphatic carboxylic acids is 2. The second kappa shape index (κ2) is 14.7. The number of amides is 1. The molecule has 4 aromatic rings. The van der Waals surface area contributed by atoms with Gasteiger partial charge in [0.05, 0.1) is 22.6 Å². The van der Waals surface area contributed by atoms with Gasteiger partial charge in [-0.05, 0) is 65.9 Å². The summed E-state index contributed by atoms with van der Waals surface area (Å²) in [7, 11) is -3.76. The third kappa shape index (κ3) is 8.20. The average molecular weight is 725 g/mol. The molecule has 1 aliphatic rings. The van der Waals surface area contributed by atoms with Crippen molar-refractivity contribution in [3.05, 3.63) is 94.9 Å². The summed E-state index contributed by atoms with van der Waals surface area (Å²) in [6.45, 7) is 1.51. The molecule has 1 aliphatic heterocycles. The zero-order chi connectivity index (χ0) is 36.3. The summed E-state index contributed by atoms with van der Waals surface area (Å²) >= 11 is 6.22. The van der Waals surface area contributed by atoms with Crippen LogP contribution in [0.25, 0.3) is 10.8 Å². The summed E-state index contributed by atoms with van der Waals surface area (Å²) in [5.41, 5.74) is 6.60. The number of benzene rings is 3. The number of pyridine rings is 1. The van der Waals surface area contributed by atoms with Gasteiger partial charge in [0, 0.05) is 34.4 Å². The highest BCUT2D eigenvalue weighted by Gasteiger charge is 2.46. The van der Waals surface area contributed by atoms with Gasteiger partial charge in [-0.1, -0.05) is 36.7 Å². The molecule has 0 bridgehead atoms. The molecule has 49 heavy (non-hydrogen) atoms. The number of hydrogen-bond acceptors (Lipinski definition) is 8. The number of likely N-dealkylation sites (tertiary alicyclic amines) is 1. The topological polar surface area (TPSA) is 180 Å². The molecule has 260 valence electrons. The summed E-state index contributed by atoms with van der Waals surface area (Å²) in [6.07, 6.45) is -3.46. The lowest BCUT2D eigenvalue weighted by Gasteiger charge is -2.32. The lowest BCUT2D eigenvalue weighted by molar-refractivity contribution is -0.192. The number of nitrogens with one attached hydrogen (secondary N) is 1. The van der Waals surface area contributed by atoms with Gasteiger partial charge in [0.1, 0.15) is 17.7 Å². The third-order valence-corrected chi connectivity index (χ3v) is 9.85. The second-order valence-electron chi connectivity index (χ2n) is 10.8. The Morgan fingerprint density at radius 1 is 1.08 bits per heavy atom. The van der Waals surface area contributed by atoms with Crippen molar-refractivity contribution < 1.29 is 50.6 Å². The number of aromatic nitrogens is 1. The number of carboxylic acids is 2. The van der Waals surface area contributed by atoms with E-state index in [4.69, 9.17) is 27.2 Å². The fraction of sp³-hybridized carbons (Fsp3) is 0.250. The molecule has 11 nitrogen and oxygen atoms in total. The number of hydrogen-bond donors (Lipinski definition) is 4. The number of nitrogen functional groups attached to an aromatic ring is 1. The second-order valence-corrected chi connectivity index (χ2v) is 13.5. The van der Waals surface area contributed by atoms with Crippen LogP contribution in [0.15, 0.2) is 77.8 Å². The third-order valence-electron chi connectivity index (χ3n) is 7.82. The number of carbonyl (C=O) groups is 3. The molecule has 17 heteroatoms. The molecule has 3 aromatic carbocycles. The maximum atomic E-state index is 15.3. The minimum Gasteiger partial charge on any atom is -0.481 e. The van der Waals surface area contributed by atoms with Gasteiger partial charge in [-0.15, -0.1) is 0 Å². The van der Waals surface area contributed by atoms with Gasteiger partial charge in [-0.25, -0.2) is 22.6 Å². The van der Waals surface area contributed by atoms with E-state index in [9.17, 15) is 36.3 Å². The smallest absolute Gasteiger partial charge is 0.481 e. The van der Waals surface area contributed by atoms with E-state index < -0.39 is 57.7 Å². The monoisotopic (exact) mass is 724 g/mol. The average Bonchev–Trinajstić information content (AvgIpc) is 3.50. The van der Waals surface area contributed by atoms with Crippen molar-refractivity contribution in [1.29, 1.82) is 0 Å². The molecule has 0 saturated carbocycles. The minimum atomic E-state index is -5.08. The lowest BCUT2D eigenvalue weighted by atomic mass is 9.93. The summed E-state index contributed by atoms with van der Waals surface area (Å²) in [6, 6.07) is 14.4. The SMILES string of the molecule is CCS(=O)(=O)c1ccccc1C1C(C(=O)O)CCN1C(=O)[C@H](Nc1ccc2c(N)nccc2c1)c1cc(Cl)ccc1F.O=C(O)C(F)(F)F. The Hall–Kier alpha value is -4.96. The van der Waals surface area contributed by atoms with Gasteiger partial charge >= 0.3 is 18.1 Å². The molecule has 1 fully saturated rings. The Balaban J connectivity index is 0.000000698. The number of alkyl halides is 3. The lowest BCUT2D eigenvalue weighted by Crippen LogP contribution is -2.40. The molecule has 1 amide bonds. The van der Waals surface area contributed by atoms with Gasteiger partial charge in [0.2, 0.25) is 5.91 Å². The van der Waals surface area contributed by atoms with Crippen molar-refractivity contribution >= 4 is 61.6 Å². The molecule has 0 aliphatic carbocycles. The molecule has 0 radical (unpaired) electrons. The highest BCUT2D eigenvalue weighted by Crippen LogP contribution is 2.42. The highest BCUT2D eigenvalue weighted by atomic mass is 35.5. The van der Waals surface area contributed by atoms with Crippen molar-refractivity contribution in [2.75, 3.05) is 23.3 Å². The van der Waals surface area contributed by atoms with Crippen molar-refractivity contribution in [3.63, 3.8) is 0 Å². The van der Waals surface area contributed by atoms with Gasteiger partial charge < -0.3 is 26.2 Å². The largest absolute Gasteiger partial charge is 0.490 e. The van der Waals surface area contributed by atoms with Crippen LogP contribution in [-0.4, -0.2) is 64.8 Å². The fourth-order valence-corrected chi connectivity index (χ4v) is 6.80. The first-order valence-corrected chi connectivity index (χ1v) is 16.5.